The molecule has 0 radical (unpaired) electrons. The van der Waals surface area contributed by atoms with Crippen molar-refractivity contribution < 1.29 is 9.53 Å². The average Bonchev–Trinajstić information content (AvgIpc) is 2.60. The molecule has 24 heavy (non-hydrogen) atoms. The van der Waals surface area contributed by atoms with Gasteiger partial charge >= 0.3 is 0 Å². The van der Waals surface area contributed by atoms with Gasteiger partial charge in [-0.3, -0.25) is 19.6 Å². The Kier molecular flexibility index (Phi) is 7.62. The molecule has 1 aliphatic rings. The van der Waals surface area contributed by atoms with Gasteiger partial charge in [0.05, 0.1) is 6.10 Å². The zero-order valence-electron chi connectivity index (χ0n) is 14.9. The lowest BCUT2D eigenvalue weighted by molar-refractivity contribution is -0.123. The van der Waals surface area contributed by atoms with Crippen LogP contribution in [0.15, 0.2) is 24.5 Å². The van der Waals surface area contributed by atoms with Gasteiger partial charge in [-0.2, -0.15) is 0 Å². The van der Waals surface area contributed by atoms with Crippen LogP contribution in [0.3, 0.4) is 0 Å². The van der Waals surface area contributed by atoms with Crippen molar-refractivity contribution in [2.45, 2.75) is 32.4 Å². The highest BCUT2D eigenvalue weighted by atomic mass is 16.5. The maximum atomic E-state index is 11.4. The van der Waals surface area contributed by atoms with E-state index in [1.54, 1.807) is 7.11 Å². The molecule has 134 valence electrons. The third kappa shape index (κ3) is 5.85. The van der Waals surface area contributed by atoms with E-state index in [1.807, 2.05) is 25.4 Å². The molecular weight excluding hydrogens is 304 g/mol. The maximum absolute atomic E-state index is 11.4. The molecule has 2 rings (SSSR count). The molecule has 6 nitrogen and oxygen atoms in total. The average molecular weight is 334 g/mol. The lowest BCUT2D eigenvalue weighted by atomic mass is 9.97. The fourth-order valence-corrected chi connectivity index (χ4v) is 3.21. The zero-order valence-corrected chi connectivity index (χ0v) is 14.9. The van der Waals surface area contributed by atoms with E-state index < -0.39 is 0 Å². The van der Waals surface area contributed by atoms with Gasteiger partial charge in [0.1, 0.15) is 0 Å². The second kappa shape index (κ2) is 9.71. The number of rotatable bonds is 9. The number of hydrogen-bond acceptors (Lipinski definition) is 5. The first-order valence-corrected chi connectivity index (χ1v) is 8.78. The Morgan fingerprint density at radius 2 is 2.04 bits per heavy atom. The number of nitrogens with zero attached hydrogens (tertiary/aromatic N) is 3. The molecule has 6 heteroatoms. The summed E-state index contributed by atoms with van der Waals surface area (Å²) in [5, 5.41) is 0. The molecule has 1 fully saturated rings. The third-order valence-corrected chi connectivity index (χ3v) is 4.83. The highest BCUT2D eigenvalue weighted by molar-refractivity contribution is 5.76. The first kappa shape index (κ1) is 18.8. The Labute approximate surface area is 145 Å². The van der Waals surface area contributed by atoms with Crippen molar-refractivity contribution in [3.63, 3.8) is 0 Å². The molecule has 2 N–H and O–H groups in total. The van der Waals surface area contributed by atoms with E-state index in [9.17, 15) is 4.79 Å². The lowest BCUT2D eigenvalue weighted by Crippen LogP contribution is -2.48. The van der Waals surface area contributed by atoms with Crippen LogP contribution in [-0.4, -0.2) is 66.6 Å². The minimum atomic E-state index is -0.221. The monoisotopic (exact) mass is 334 g/mol. The van der Waals surface area contributed by atoms with Crippen molar-refractivity contribution in [3.8, 4) is 0 Å². The number of pyridine rings is 1. The fraction of sp³-hybridized carbons (Fsp3) is 0.667. The SMILES string of the molecule is CC[C@H](CC(CN1CCN(Cc2cccnc2)CC1)OC)C(N)=O. The second-order valence-electron chi connectivity index (χ2n) is 6.54. The Morgan fingerprint density at radius 3 is 2.58 bits per heavy atom. The number of carbonyl (C=O) groups excluding carboxylic acids is 1. The zero-order chi connectivity index (χ0) is 17.4. The normalized spacial score (nSPS) is 19.1. The van der Waals surface area contributed by atoms with Crippen LogP contribution in [0.25, 0.3) is 0 Å². The van der Waals surface area contributed by atoms with Crippen molar-refractivity contribution in [1.29, 1.82) is 0 Å². The van der Waals surface area contributed by atoms with Crippen molar-refractivity contribution in [2.24, 2.45) is 11.7 Å². The summed E-state index contributed by atoms with van der Waals surface area (Å²) in [6.45, 7) is 7.94. The topological polar surface area (TPSA) is 71.7 Å². The van der Waals surface area contributed by atoms with Gasteiger partial charge in [0, 0.05) is 64.7 Å². The molecule has 1 aromatic rings. The number of primary amides is 1. The van der Waals surface area contributed by atoms with Gasteiger partial charge in [-0.15, -0.1) is 0 Å². The molecule has 1 amide bonds. The van der Waals surface area contributed by atoms with Crippen LogP contribution in [0.4, 0.5) is 0 Å². The van der Waals surface area contributed by atoms with Crippen molar-refractivity contribution in [3.05, 3.63) is 30.1 Å². The summed E-state index contributed by atoms with van der Waals surface area (Å²) in [5.74, 6) is -0.317. The molecule has 0 bridgehead atoms. The highest BCUT2D eigenvalue weighted by Crippen LogP contribution is 2.15. The summed E-state index contributed by atoms with van der Waals surface area (Å²) in [5.41, 5.74) is 6.71. The van der Waals surface area contributed by atoms with Crippen LogP contribution >= 0.6 is 0 Å². The maximum Gasteiger partial charge on any atom is 0.220 e. The van der Waals surface area contributed by atoms with Crippen LogP contribution in [0.5, 0.6) is 0 Å². The molecule has 1 aliphatic heterocycles. The van der Waals surface area contributed by atoms with Gasteiger partial charge in [0.25, 0.3) is 0 Å². The van der Waals surface area contributed by atoms with Gasteiger partial charge in [-0.1, -0.05) is 13.0 Å². The molecule has 1 aromatic heterocycles. The quantitative estimate of drug-likeness (QED) is 0.733. The Bertz CT molecular complexity index is 489. The number of ether oxygens (including phenoxy) is 1. The van der Waals surface area contributed by atoms with Gasteiger partial charge in [0.2, 0.25) is 5.91 Å². The number of nitrogens with two attached hydrogens (primary N) is 1. The molecule has 0 aliphatic carbocycles. The van der Waals surface area contributed by atoms with Gasteiger partial charge in [-0.05, 0) is 24.5 Å². The number of amides is 1. The molecule has 1 saturated heterocycles. The number of hydrogen-bond donors (Lipinski definition) is 1. The highest BCUT2D eigenvalue weighted by Gasteiger charge is 2.24. The van der Waals surface area contributed by atoms with Crippen molar-refractivity contribution in [2.75, 3.05) is 39.8 Å². The Balaban J connectivity index is 1.75. The van der Waals surface area contributed by atoms with Gasteiger partial charge < -0.3 is 10.5 Å². The fourth-order valence-electron chi connectivity index (χ4n) is 3.21. The summed E-state index contributed by atoms with van der Waals surface area (Å²) < 4.78 is 5.59. The lowest BCUT2D eigenvalue weighted by Gasteiger charge is -2.36. The summed E-state index contributed by atoms with van der Waals surface area (Å²) in [6, 6.07) is 4.10. The van der Waals surface area contributed by atoms with E-state index in [0.717, 1.165) is 45.7 Å². The molecule has 2 heterocycles. The molecule has 0 spiro atoms. The minimum Gasteiger partial charge on any atom is -0.380 e. The predicted octanol–water partition coefficient (Wildman–Crippen LogP) is 1.12. The molecule has 1 unspecified atom stereocenters. The van der Waals surface area contributed by atoms with Crippen LogP contribution in [-0.2, 0) is 16.1 Å². The predicted molar refractivity (Wildman–Crippen MR) is 94.3 cm³/mol. The second-order valence-corrected chi connectivity index (χ2v) is 6.54. The van der Waals surface area contributed by atoms with Crippen LogP contribution in [0, 0.1) is 5.92 Å². The summed E-state index contributed by atoms with van der Waals surface area (Å²) >= 11 is 0. The van der Waals surface area contributed by atoms with Crippen molar-refractivity contribution >= 4 is 5.91 Å². The first-order chi connectivity index (χ1) is 11.6. The Hall–Kier alpha value is -1.50. The number of methoxy groups -OCH3 is 1. The van der Waals surface area contributed by atoms with E-state index in [-0.39, 0.29) is 17.9 Å². The molecule has 2 atom stereocenters. The van der Waals surface area contributed by atoms with E-state index in [0.29, 0.717) is 6.42 Å². The summed E-state index contributed by atoms with van der Waals surface area (Å²) in [4.78, 5) is 20.5. The summed E-state index contributed by atoms with van der Waals surface area (Å²) in [6.07, 6.45) is 5.28. The Morgan fingerprint density at radius 1 is 1.33 bits per heavy atom. The van der Waals surface area contributed by atoms with Crippen LogP contribution in [0.2, 0.25) is 0 Å². The van der Waals surface area contributed by atoms with Crippen molar-refractivity contribution in [1.82, 2.24) is 14.8 Å². The van der Waals surface area contributed by atoms with Gasteiger partial charge in [0.15, 0.2) is 0 Å². The largest absolute Gasteiger partial charge is 0.380 e. The van der Waals surface area contributed by atoms with Gasteiger partial charge in [-0.25, -0.2) is 0 Å². The van der Waals surface area contributed by atoms with E-state index in [1.165, 1.54) is 5.56 Å². The van der Waals surface area contributed by atoms with Crippen LogP contribution < -0.4 is 5.73 Å². The van der Waals surface area contributed by atoms with E-state index in [4.69, 9.17) is 10.5 Å². The molecule has 0 saturated carbocycles. The molecule has 0 aromatic carbocycles. The van der Waals surface area contributed by atoms with Crippen LogP contribution in [0.1, 0.15) is 25.3 Å². The van der Waals surface area contributed by atoms with E-state index >= 15 is 0 Å². The molecular formula is C18H30N4O2. The third-order valence-electron chi connectivity index (χ3n) is 4.83. The smallest absolute Gasteiger partial charge is 0.220 e. The minimum absolute atomic E-state index is 0.0623. The first-order valence-electron chi connectivity index (χ1n) is 8.78. The summed E-state index contributed by atoms with van der Waals surface area (Å²) in [7, 11) is 1.72. The number of piperazine rings is 1. The standard InChI is InChI=1S/C18H30N4O2/c1-3-16(18(19)23)11-17(24-2)14-22-9-7-21(8-10-22)13-15-5-4-6-20-12-15/h4-6,12,16-17H,3,7-11,13-14H2,1-2H3,(H2,19,23)/t16-,17?/m1/s1. The number of aromatic nitrogens is 1. The van der Waals surface area contributed by atoms with E-state index in [2.05, 4.69) is 20.9 Å². The number of carbonyl (C=O) groups is 1.